The molecule has 1 amide bonds. The second-order valence-electron chi connectivity index (χ2n) is 10.9. The van der Waals surface area contributed by atoms with Crippen LogP contribution in [0.1, 0.15) is 49.8 Å². The monoisotopic (exact) mass is 539 g/mol. The number of hydrogen-bond acceptors (Lipinski definition) is 7. The zero-order chi connectivity index (χ0) is 25.7. The lowest BCUT2D eigenvalue weighted by atomic mass is 9.54. The number of ether oxygens (including phenoxy) is 2. The highest BCUT2D eigenvalue weighted by Gasteiger charge is 2.53. The number of carbonyl (C=O) groups excluding carboxylic acids is 1. The smallest absolute Gasteiger partial charge is 0.266 e. The standard InChI is InChI=1S/C29H33NO5S2/c1-33-22-11-19(12-23(14-22)34-2)24-13-18(4-3-5-31)25(35-24)15-26-28(32)30(29(36)37-26)27-20-7-16-6-17(9-20)10-21(27)8-16/h11-17,20-21,27,31H,3-10H2,1-2H3. The number of thioether (sulfide) groups is 1. The van der Waals surface area contributed by atoms with Gasteiger partial charge in [-0.05, 0) is 92.4 Å². The number of rotatable bonds is 8. The van der Waals surface area contributed by atoms with Gasteiger partial charge in [0, 0.05) is 30.4 Å². The molecule has 1 aliphatic heterocycles. The lowest BCUT2D eigenvalue weighted by molar-refractivity contribution is -0.130. The van der Waals surface area contributed by atoms with E-state index in [1.807, 2.05) is 35.2 Å². The van der Waals surface area contributed by atoms with Gasteiger partial charge in [-0.2, -0.15) is 0 Å². The fourth-order valence-corrected chi connectivity index (χ4v) is 8.61. The molecule has 8 heteroatoms. The first-order chi connectivity index (χ1) is 18.0. The van der Waals surface area contributed by atoms with Crippen LogP contribution in [-0.2, 0) is 11.2 Å². The van der Waals surface area contributed by atoms with Gasteiger partial charge in [0.15, 0.2) is 0 Å². The average molecular weight is 540 g/mol. The molecule has 0 unspecified atom stereocenters. The quantitative estimate of drug-likeness (QED) is 0.330. The Balaban J connectivity index is 1.31. The largest absolute Gasteiger partial charge is 0.497 e. The van der Waals surface area contributed by atoms with E-state index < -0.39 is 0 Å². The summed E-state index contributed by atoms with van der Waals surface area (Å²) in [7, 11) is 3.23. The molecule has 0 radical (unpaired) electrons. The van der Waals surface area contributed by atoms with Crippen molar-refractivity contribution < 1.29 is 23.8 Å². The first kappa shape index (κ1) is 25.0. The van der Waals surface area contributed by atoms with Gasteiger partial charge in [0.25, 0.3) is 5.91 Å². The summed E-state index contributed by atoms with van der Waals surface area (Å²) < 4.78 is 17.9. The Hall–Kier alpha value is -2.29. The summed E-state index contributed by atoms with van der Waals surface area (Å²) in [6.45, 7) is 0.0848. The minimum absolute atomic E-state index is 0.0154. The number of methoxy groups -OCH3 is 2. The number of hydrogen-bond donors (Lipinski definition) is 1. The fraction of sp³-hybridized carbons (Fsp3) is 0.517. The first-order valence-corrected chi connectivity index (χ1v) is 14.4. The van der Waals surface area contributed by atoms with E-state index >= 15 is 0 Å². The normalized spacial score (nSPS) is 29.5. The highest BCUT2D eigenvalue weighted by molar-refractivity contribution is 8.26. The van der Waals surface area contributed by atoms with Gasteiger partial charge in [-0.1, -0.05) is 24.0 Å². The summed E-state index contributed by atoms with van der Waals surface area (Å²) >= 11 is 7.18. The lowest BCUT2D eigenvalue weighted by Gasteiger charge is -2.56. The van der Waals surface area contributed by atoms with Crippen molar-refractivity contribution in [3.63, 3.8) is 0 Å². The molecule has 7 rings (SSSR count). The van der Waals surface area contributed by atoms with Crippen molar-refractivity contribution >= 4 is 40.3 Å². The van der Waals surface area contributed by atoms with E-state index in [0.717, 1.165) is 23.0 Å². The Kier molecular flexibility index (Phi) is 6.84. The van der Waals surface area contributed by atoms with Crippen LogP contribution in [0.2, 0.25) is 0 Å². The Bertz CT molecular complexity index is 1200. The summed E-state index contributed by atoms with van der Waals surface area (Å²) in [4.78, 5) is 16.3. The molecule has 2 aromatic rings. The third-order valence-electron chi connectivity index (χ3n) is 8.64. The molecule has 5 aliphatic rings. The van der Waals surface area contributed by atoms with Crippen molar-refractivity contribution in [2.24, 2.45) is 23.7 Å². The topological polar surface area (TPSA) is 72.1 Å². The maximum absolute atomic E-state index is 13.7. The van der Waals surface area contributed by atoms with E-state index in [0.29, 0.717) is 56.9 Å². The molecule has 37 heavy (non-hydrogen) atoms. The van der Waals surface area contributed by atoms with Gasteiger partial charge in [0.2, 0.25) is 0 Å². The number of carbonyl (C=O) groups is 1. The van der Waals surface area contributed by atoms with Crippen LogP contribution in [0.25, 0.3) is 17.4 Å². The molecule has 5 fully saturated rings. The summed E-state index contributed by atoms with van der Waals surface area (Å²) in [5.74, 6) is 5.50. The second-order valence-corrected chi connectivity index (χ2v) is 12.6. The van der Waals surface area contributed by atoms with Crippen LogP contribution < -0.4 is 9.47 Å². The van der Waals surface area contributed by atoms with Gasteiger partial charge >= 0.3 is 0 Å². The van der Waals surface area contributed by atoms with Crippen LogP contribution in [0.4, 0.5) is 0 Å². The van der Waals surface area contributed by atoms with Gasteiger partial charge in [0.1, 0.15) is 27.3 Å². The van der Waals surface area contributed by atoms with Crippen molar-refractivity contribution in [2.45, 2.75) is 51.0 Å². The summed E-state index contributed by atoms with van der Waals surface area (Å²) in [5.41, 5.74) is 1.77. The van der Waals surface area contributed by atoms with Crippen molar-refractivity contribution in [3.8, 4) is 22.8 Å². The van der Waals surface area contributed by atoms with E-state index in [4.69, 9.17) is 26.1 Å². The molecule has 196 valence electrons. The van der Waals surface area contributed by atoms with Gasteiger partial charge in [-0.25, -0.2) is 0 Å². The average Bonchev–Trinajstić information content (AvgIpc) is 3.42. The maximum atomic E-state index is 13.7. The molecular weight excluding hydrogens is 506 g/mol. The molecule has 0 atom stereocenters. The van der Waals surface area contributed by atoms with Gasteiger partial charge in [-0.15, -0.1) is 0 Å². The van der Waals surface area contributed by atoms with E-state index in [1.54, 1.807) is 14.2 Å². The molecule has 0 spiro atoms. The number of amides is 1. The first-order valence-electron chi connectivity index (χ1n) is 13.2. The molecule has 6 nitrogen and oxygen atoms in total. The predicted molar refractivity (Wildman–Crippen MR) is 148 cm³/mol. The summed E-state index contributed by atoms with van der Waals surface area (Å²) in [6, 6.07) is 7.83. The molecule has 4 aliphatic carbocycles. The number of aliphatic hydroxyl groups is 1. The van der Waals surface area contributed by atoms with Gasteiger partial charge in [0.05, 0.1) is 19.1 Å². The van der Waals surface area contributed by atoms with E-state index in [-0.39, 0.29) is 18.6 Å². The maximum Gasteiger partial charge on any atom is 0.266 e. The summed E-state index contributed by atoms with van der Waals surface area (Å²) in [6.07, 6.45) is 9.45. The van der Waals surface area contributed by atoms with Crippen LogP contribution in [0, 0.1) is 23.7 Å². The molecule has 1 aromatic carbocycles. The zero-order valence-corrected chi connectivity index (χ0v) is 22.9. The number of furan rings is 1. The van der Waals surface area contributed by atoms with Crippen LogP contribution in [-0.4, -0.2) is 47.1 Å². The molecule has 1 saturated heterocycles. The van der Waals surface area contributed by atoms with Crippen molar-refractivity contribution in [1.29, 1.82) is 0 Å². The Morgan fingerprint density at radius 1 is 1.05 bits per heavy atom. The lowest BCUT2D eigenvalue weighted by Crippen LogP contribution is -2.57. The van der Waals surface area contributed by atoms with Crippen LogP contribution in [0.15, 0.2) is 33.6 Å². The number of aliphatic hydroxyl groups excluding tert-OH is 1. The van der Waals surface area contributed by atoms with Crippen molar-refractivity contribution in [1.82, 2.24) is 4.90 Å². The number of aryl methyl sites for hydroxylation is 1. The van der Waals surface area contributed by atoms with Crippen LogP contribution in [0.5, 0.6) is 11.5 Å². The number of nitrogens with zero attached hydrogens (tertiary/aromatic N) is 1. The molecule has 2 heterocycles. The Labute approximate surface area is 227 Å². The number of thiocarbonyl (C=S) groups is 1. The zero-order valence-electron chi connectivity index (χ0n) is 21.3. The van der Waals surface area contributed by atoms with Crippen molar-refractivity contribution in [2.75, 3.05) is 20.8 Å². The van der Waals surface area contributed by atoms with E-state index in [1.165, 1.54) is 43.9 Å². The SMILES string of the molecule is COc1cc(OC)cc(-c2cc(CCCO)c(C=C3SC(=S)N(C4C5CC6CC(C5)CC4C6)C3=O)o2)c1. The third kappa shape index (κ3) is 4.61. The minimum Gasteiger partial charge on any atom is -0.497 e. The molecule has 4 saturated carbocycles. The molecule has 1 N–H and O–H groups in total. The predicted octanol–water partition coefficient (Wildman–Crippen LogP) is 5.91. The van der Waals surface area contributed by atoms with E-state index in [2.05, 4.69) is 0 Å². The van der Waals surface area contributed by atoms with Crippen LogP contribution >= 0.6 is 24.0 Å². The van der Waals surface area contributed by atoms with Crippen molar-refractivity contribution in [3.05, 3.63) is 40.5 Å². The van der Waals surface area contributed by atoms with E-state index in [9.17, 15) is 9.90 Å². The Morgan fingerprint density at radius 2 is 1.70 bits per heavy atom. The Morgan fingerprint density at radius 3 is 2.30 bits per heavy atom. The second kappa shape index (κ2) is 10.1. The van der Waals surface area contributed by atoms with Gasteiger partial charge < -0.3 is 19.0 Å². The van der Waals surface area contributed by atoms with Crippen LogP contribution in [0.3, 0.4) is 0 Å². The highest BCUT2D eigenvalue weighted by Crippen LogP contribution is 2.56. The molecule has 4 bridgehead atoms. The van der Waals surface area contributed by atoms with Gasteiger partial charge in [-0.3, -0.25) is 9.69 Å². The molecular formula is C29H33NO5S2. The third-order valence-corrected chi connectivity index (χ3v) is 9.97. The summed E-state index contributed by atoms with van der Waals surface area (Å²) in [5, 5.41) is 9.46. The number of benzene rings is 1. The highest BCUT2D eigenvalue weighted by atomic mass is 32.2. The fourth-order valence-electron chi connectivity index (χ4n) is 7.30. The minimum atomic E-state index is 0.0154. The molecule has 1 aromatic heterocycles.